The number of ether oxygens (including phenoxy) is 2. The summed E-state index contributed by atoms with van der Waals surface area (Å²) in [5.41, 5.74) is 3.05. The number of rotatable bonds is 8. The minimum atomic E-state index is -0.675. The molecule has 6 nitrogen and oxygen atoms in total. The van der Waals surface area contributed by atoms with Crippen LogP contribution in [-0.2, 0) is 16.1 Å². The van der Waals surface area contributed by atoms with Crippen LogP contribution in [0.4, 0.5) is 0 Å². The second-order valence-electron chi connectivity index (χ2n) is 9.67. The molecule has 0 spiro atoms. The highest BCUT2D eigenvalue weighted by Crippen LogP contribution is 2.37. The smallest absolute Gasteiger partial charge is 0.338 e. The third kappa shape index (κ3) is 6.20. The normalized spacial score (nSPS) is 14.7. The number of esters is 1. The predicted octanol–water partition coefficient (Wildman–Crippen LogP) is 7.65. The number of hydrogen-bond donors (Lipinski definition) is 0. The van der Waals surface area contributed by atoms with E-state index in [0.717, 1.165) is 26.0 Å². The fraction of sp³-hybridized carbons (Fsp3) is 0.121. The molecule has 222 valence electrons. The first-order valence-corrected chi connectivity index (χ1v) is 16.8. The van der Waals surface area contributed by atoms with Crippen molar-refractivity contribution in [2.24, 2.45) is 4.99 Å². The van der Waals surface area contributed by atoms with Gasteiger partial charge in [-0.2, -0.15) is 0 Å². The van der Waals surface area contributed by atoms with Crippen molar-refractivity contribution in [3.05, 3.63) is 146 Å². The molecule has 0 saturated carbocycles. The molecule has 3 heterocycles. The number of hydrogen-bond acceptors (Lipinski definition) is 7. The van der Waals surface area contributed by atoms with Gasteiger partial charge >= 0.3 is 5.97 Å². The van der Waals surface area contributed by atoms with Crippen LogP contribution in [0.15, 0.2) is 104 Å². The Balaban J connectivity index is 1.41. The lowest BCUT2D eigenvalue weighted by molar-refractivity contribution is -0.138. The second kappa shape index (κ2) is 13.3. The quantitative estimate of drug-likeness (QED) is 0.154. The van der Waals surface area contributed by atoms with Gasteiger partial charge in [-0.3, -0.25) is 9.36 Å². The summed E-state index contributed by atoms with van der Waals surface area (Å²) in [5.74, 6) is 0.141. The Labute approximate surface area is 279 Å². The van der Waals surface area contributed by atoms with Crippen LogP contribution in [0.25, 0.3) is 11.8 Å². The maximum absolute atomic E-state index is 14.0. The largest absolute Gasteiger partial charge is 0.488 e. The van der Waals surface area contributed by atoms with Gasteiger partial charge in [0.05, 0.1) is 36.9 Å². The number of fused-ring (bicyclic) bond motifs is 1. The highest BCUT2D eigenvalue weighted by atomic mass is 79.9. The maximum Gasteiger partial charge on any atom is 0.338 e. The Morgan fingerprint density at radius 1 is 1.05 bits per heavy atom. The molecule has 0 amide bonds. The molecular weight excluding hydrogens is 703 g/mol. The van der Waals surface area contributed by atoms with Crippen LogP contribution in [-0.4, -0.2) is 17.1 Å². The zero-order valence-electron chi connectivity index (χ0n) is 23.1. The van der Waals surface area contributed by atoms with E-state index in [4.69, 9.17) is 37.7 Å². The zero-order chi connectivity index (χ0) is 30.8. The predicted molar refractivity (Wildman–Crippen MR) is 180 cm³/mol. The second-order valence-corrected chi connectivity index (χ2v) is 13.3. The molecule has 11 heteroatoms. The van der Waals surface area contributed by atoms with E-state index in [-0.39, 0.29) is 12.2 Å². The van der Waals surface area contributed by atoms with Crippen LogP contribution in [0.2, 0.25) is 10.0 Å². The minimum Gasteiger partial charge on any atom is -0.488 e. The summed E-state index contributed by atoms with van der Waals surface area (Å²) in [6.07, 6.45) is 1.82. The van der Waals surface area contributed by atoms with Gasteiger partial charge < -0.3 is 9.47 Å². The molecule has 0 unspecified atom stereocenters. The number of benzene rings is 3. The van der Waals surface area contributed by atoms with E-state index < -0.39 is 12.0 Å². The summed E-state index contributed by atoms with van der Waals surface area (Å²) >= 11 is 18.5. The summed E-state index contributed by atoms with van der Waals surface area (Å²) in [5, 5.41) is 2.88. The van der Waals surface area contributed by atoms with Crippen molar-refractivity contribution >= 4 is 79.5 Å². The molecule has 0 N–H and O–H groups in total. The van der Waals surface area contributed by atoms with Crippen molar-refractivity contribution in [3.63, 3.8) is 0 Å². The lowest BCUT2D eigenvalue weighted by atomic mass is 9.97. The summed E-state index contributed by atoms with van der Waals surface area (Å²) in [4.78, 5) is 33.7. The summed E-state index contributed by atoms with van der Waals surface area (Å²) in [6.45, 7) is 2.27. The van der Waals surface area contributed by atoms with Gasteiger partial charge in [0.2, 0.25) is 0 Å². The molecule has 0 bridgehead atoms. The molecule has 0 aliphatic carbocycles. The number of carbonyl (C=O) groups excluding carboxylic acids is 1. The van der Waals surface area contributed by atoms with Crippen LogP contribution >= 0.6 is 61.8 Å². The van der Waals surface area contributed by atoms with Crippen LogP contribution in [0.5, 0.6) is 5.75 Å². The van der Waals surface area contributed by atoms with Gasteiger partial charge in [-0.25, -0.2) is 9.79 Å². The minimum absolute atomic E-state index is 0.202. The molecule has 0 fully saturated rings. The van der Waals surface area contributed by atoms with Crippen LogP contribution in [0.1, 0.15) is 34.5 Å². The molecule has 0 radical (unpaired) electrons. The first-order chi connectivity index (χ1) is 21.3. The summed E-state index contributed by atoms with van der Waals surface area (Å²) in [7, 11) is 0. The van der Waals surface area contributed by atoms with Crippen molar-refractivity contribution < 1.29 is 14.3 Å². The lowest BCUT2D eigenvalue weighted by Crippen LogP contribution is -2.39. The van der Waals surface area contributed by atoms with E-state index >= 15 is 0 Å². The molecule has 1 atom stereocenters. The number of halogens is 3. The Morgan fingerprint density at radius 2 is 1.86 bits per heavy atom. The SMILES string of the molecule is CCOC(=O)C1=C(c2ccccc2)N=c2s/c(=C\c3ccc(OCc4ccc(Cl)c(Cl)c4)c(Br)c3)c(=O)n2[C@H]1c1cccs1. The molecule has 3 aromatic carbocycles. The van der Waals surface area contributed by atoms with Gasteiger partial charge in [0, 0.05) is 10.4 Å². The van der Waals surface area contributed by atoms with Gasteiger partial charge in [-0.05, 0) is 75.8 Å². The molecule has 1 aliphatic heterocycles. The van der Waals surface area contributed by atoms with Gasteiger partial charge in [0.1, 0.15) is 18.4 Å². The number of nitrogens with zero attached hydrogens (tertiary/aromatic N) is 2. The lowest BCUT2D eigenvalue weighted by Gasteiger charge is -2.24. The van der Waals surface area contributed by atoms with Crippen molar-refractivity contribution in [3.8, 4) is 5.75 Å². The van der Waals surface area contributed by atoms with Crippen molar-refractivity contribution in [2.75, 3.05) is 6.61 Å². The average molecular weight is 727 g/mol. The average Bonchev–Trinajstić information content (AvgIpc) is 3.66. The third-order valence-electron chi connectivity index (χ3n) is 6.82. The van der Waals surface area contributed by atoms with Crippen LogP contribution < -0.4 is 19.6 Å². The van der Waals surface area contributed by atoms with Crippen LogP contribution in [0, 0.1) is 0 Å². The van der Waals surface area contributed by atoms with E-state index in [2.05, 4.69) is 15.9 Å². The van der Waals surface area contributed by atoms with Crippen molar-refractivity contribution in [2.45, 2.75) is 19.6 Å². The standard InChI is InChI=1S/C33H23BrCl2N2O4S2/c1-2-41-32(40)28-29(21-7-4-3-5-8-21)37-33-38(30(28)26-9-6-14-43-26)31(39)27(44-33)17-19-11-13-25(22(34)15-19)42-18-20-10-12-23(35)24(36)16-20/h3-17,30H,2,18H2,1H3/b27-17-/t30-/m0/s1. The Hall–Kier alpha value is -3.47. The highest BCUT2D eigenvalue weighted by molar-refractivity contribution is 9.10. The van der Waals surface area contributed by atoms with Gasteiger partial charge in [-0.1, -0.05) is 83.1 Å². The maximum atomic E-state index is 14.0. The monoisotopic (exact) mass is 724 g/mol. The van der Waals surface area contributed by atoms with Gasteiger partial charge in [-0.15, -0.1) is 11.3 Å². The van der Waals surface area contributed by atoms with E-state index in [1.807, 2.05) is 78.2 Å². The molecular formula is C33H23BrCl2N2O4S2. The number of thiophene rings is 1. The number of carbonyl (C=O) groups is 1. The molecule has 0 saturated heterocycles. The topological polar surface area (TPSA) is 69.9 Å². The Bertz CT molecular complexity index is 2070. The fourth-order valence-corrected chi connectivity index (χ4v) is 7.48. The number of aromatic nitrogens is 1. The molecule has 6 rings (SSSR count). The zero-order valence-corrected chi connectivity index (χ0v) is 27.9. The first-order valence-electron chi connectivity index (χ1n) is 13.5. The first kappa shape index (κ1) is 30.6. The molecule has 1 aliphatic rings. The van der Waals surface area contributed by atoms with Crippen LogP contribution in [0.3, 0.4) is 0 Å². The molecule has 2 aromatic heterocycles. The number of thiazole rings is 1. The Kier molecular flexibility index (Phi) is 9.21. The fourth-order valence-electron chi connectivity index (χ4n) is 4.82. The van der Waals surface area contributed by atoms with E-state index in [0.29, 0.717) is 43.0 Å². The Morgan fingerprint density at radius 3 is 2.57 bits per heavy atom. The van der Waals surface area contributed by atoms with E-state index in [9.17, 15) is 9.59 Å². The summed E-state index contributed by atoms with van der Waals surface area (Å²) in [6, 6.07) is 23.6. The molecule has 5 aromatic rings. The van der Waals surface area contributed by atoms with E-state index in [1.165, 1.54) is 22.7 Å². The van der Waals surface area contributed by atoms with Crippen molar-refractivity contribution in [1.82, 2.24) is 4.57 Å². The van der Waals surface area contributed by atoms with Gasteiger partial charge in [0.15, 0.2) is 4.80 Å². The summed E-state index contributed by atoms with van der Waals surface area (Å²) < 4.78 is 14.3. The van der Waals surface area contributed by atoms with Crippen molar-refractivity contribution in [1.29, 1.82) is 0 Å². The van der Waals surface area contributed by atoms with E-state index in [1.54, 1.807) is 23.6 Å². The molecule has 44 heavy (non-hydrogen) atoms. The van der Waals surface area contributed by atoms with Gasteiger partial charge in [0.25, 0.3) is 5.56 Å². The highest BCUT2D eigenvalue weighted by Gasteiger charge is 2.35. The third-order valence-corrected chi connectivity index (χ3v) is 10.1.